The van der Waals surface area contributed by atoms with Crippen LogP contribution in [0.15, 0.2) is 73.2 Å². The van der Waals surface area contributed by atoms with Gasteiger partial charge in [-0.1, -0.05) is 42.2 Å². The van der Waals surface area contributed by atoms with Gasteiger partial charge in [0, 0.05) is 47.2 Å². The highest BCUT2D eigenvalue weighted by atomic mass is 19.1. The number of hydrogen-bond donors (Lipinski definition) is 3. The van der Waals surface area contributed by atoms with Gasteiger partial charge in [-0.15, -0.1) is 0 Å². The standard InChI is InChI=1S/C41H37F2N7O4/c42-29-19-30-31(21-46-38(30)45-20-29)39-47-22-32(43)40(49-39)48-37-27-13-11-26(12-14-27)36(37)41(53)54-18-17-44-34(51)15-16-35(52)50-23-28-7-2-1-5-24(28)9-10-25-6-3-4-8-33(25)50/h1-8,19-22,26-27,36-37H,11-18,23H2,(H,44,51)(H,45,46)(H,47,48,49)/t26?,27?,36-,37-/m0/s1. The quantitative estimate of drug-likeness (QED) is 0.0917. The Hall–Kier alpha value is -6.16. The van der Waals surface area contributed by atoms with Gasteiger partial charge < -0.3 is 25.3 Å². The molecule has 13 heteroatoms. The summed E-state index contributed by atoms with van der Waals surface area (Å²) in [6.45, 7) is 0.369. The fourth-order valence-corrected chi connectivity index (χ4v) is 8.00. The van der Waals surface area contributed by atoms with E-state index >= 15 is 4.39 Å². The Morgan fingerprint density at radius 2 is 1.69 bits per heavy atom. The molecule has 11 nitrogen and oxygen atoms in total. The van der Waals surface area contributed by atoms with Gasteiger partial charge in [-0.2, -0.15) is 0 Å². The van der Waals surface area contributed by atoms with Gasteiger partial charge in [0.1, 0.15) is 18.1 Å². The second kappa shape index (κ2) is 15.1. The number of nitrogens with zero attached hydrogens (tertiary/aromatic N) is 4. The van der Waals surface area contributed by atoms with E-state index in [1.165, 1.54) is 6.07 Å². The summed E-state index contributed by atoms with van der Waals surface area (Å²) < 4.78 is 34.8. The lowest BCUT2D eigenvalue weighted by molar-refractivity contribution is -0.155. The molecule has 0 saturated heterocycles. The van der Waals surface area contributed by atoms with Crippen molar-refractivity contribution in [2.45, 2.75) is 51.1 Å². The average molecular weight is 730 g/mol. The molecule has 54 heavy (non-hydrogen) atoms. The fraction of sp³-hybridized carbons (Fsp3) is 0.317. The monoisotopic (exact) mass is 729 g/mol. The first-order valence-corrected chi connectivity index (χ1v) is 18.2. The van der Waals surface area contributed by atoms with Crippen LogP contribution in [0.25, 0.3) is 22.4 Å². The summed E-state index contributed by atoms with van der Waals surface area (Å²) in [5, 5.41) is 6.44. The highest BCUT2D eigenvalue weighted by Gasteiger charge is 2.48. The van der Waals surface area contributed by atoms with Crippen molar-refractivity contribution in [3.05, 3.63) is 102 Å². The number of esters is 1. The van der Waals surface area contributed by atoms with Gasteiger partial charge in [0.25, 0.3) is 0 Å². The summed E-state index contributed by atoms with van der Waals surface area (Å²) in [6, 6.07) is 16.1. The third-order valence-corrected chi connectivity index (χ3v) is 10.7. The Balaban J connectivity index is 0.868. The number of carbonyl (C=O) groups excluding carboxylic acids is 3. The van der Waals surface area contributed by atoms with Crippen LogP contribution in [0.1, 0.15) is 55.2 Å². The zero-order valence-corrected chi connectivity index (χ0v) is 29.3. The minimum absolute atomic E-state index is 0.0105. The van der Waals surface area contributed by atoms with Crippen LogP contribution in [0.3, 0.4) is 0 Å². The number of nitrogens with one attached hydrogen (secondary N) is 3. The van der Waals surface area contributed by atoms with Crippen LogP contribution in [0, 0.1) is 41.2 Å². The number of anilines is 2. The Bertz CT molecular complexity index is 2310. The van der Waals surface area contributed by atoms with E-state index in [9.17, 15) is 18.8 Å². The third-order valence-electron chi connectivity index (χ3n) is 10.7. The first-order chi connectivity index (χ1) is 26.3. The smallest absolute Gasteiger partial charge is 0.311 e. The van der Waals surface area contributed by atoms with Gasteiger partial charge in [-0.25, -0.2) is 23.7 Å². The van der Waals surface area contributed by atoms with Crippen LogP contribution in [0.5, 0.6) is 0 Å². The third kappa shape index (κ3) is 7.11. The van der Waals surface area contributed by atoms with Gasteiger partial charge in [0.05, 0.1) is 37.1 Å². The maximum absolute atomic E-state index is 15.2. The number of para-hydroxylation sites is 1. The molecule has 2 bridgehead atoms. The molecule has 3 N–H and O–H groups in total. The molecule has 1 aliphatic heterocycles. The Morgan fingerprint density at radius 1 is 0.926 bits per heavy atom. The number of ether oxygens (including phenoxy) is 1. The van der Waals surface area contributed by atoms with E-state index in [0.29, 0.717) is 28.8 Å². The minimum Gasteiger partial charge on any atom is -0.464 e. The molecule has 3 fully saturated rings. The van der Waals surface area contributed by atoms with E-state index in [0.717, 1.165) is 54.8 Å². The van der Waals surface area contributed by atoms with Crippen molar-refractivity contribution in [3.8, 4) is 23.2 Å². The number of rotatable bonds is 10. The number of hydrogen-bond acceptors (Lipinski definition) is 8. The van der Waals surface area contributed by atoms with Crippen LogP contribution >= 0.6 is 0 Å². The van der Waals surface area contributed by atoms with Gasteiger partial charge in [-0.3, -0.25) is 14.4 Å². The second-order valence-corrected chi connectivity index (χ2v) is 13.9. The summed E-state index contributed by atoms with van der Waals surface area (Å²) in [5.41, 5.74) is 4.14. The first kappa shape index (κ1) is 34.9. The summed E-state index contributed by atoms with van der Waals surface area (Å²) in [6.07, 6.45) is 7.20. The van der Waals surface area contributed by atoms with Crippen LogP contribution in [0.2, 0.25) is 0 Å². The van der Waals surface area contributed by atoms with Crippen molar-refractivity contribution in [2.75, 3.05) is 23.4 Å². The predicted molar refractivity (Wildman–Crippen MR) is 197 cm³/mol. The SMILES string of the molecule is O=C(CCC(=O)N1Cc2ccccc2C#Cc2ccccc21)NCCOC(=O)[C@H]1C2CCC(CC2)[C@@H]1Nc1nc(-c2c[nH]c3ncc(F)cc23)ncc1F. The largest absolute Gasteiger partial charge is 0.464 e. The van der Waals surface area contributed by atoms with Gasteiger partial charge >= 0.3 is 5.97 Å². The van der Waals surface area contributed by atoms with Crippen molar-refractivity contribution in [2.24, 2.45) is 17.8 Å². The number of carbonyl (C=O) groups is 3. The molecule has 4 aliphatic rings. The van der Waals surface area contributed by atoms with E-state index in [1.54, 1.807) is 11.1 Å². The number of pyridine rings is 1. The van der Waals surface area contributed by atoms with Crippen molar-refractivity contribution in [1.82, 2.24) is 25.3 Å². The average Bonchev–Trinajstić information content (AvgIpc) is 3.60. The number of aromatic amines is 1. The zero-order valence-electron chi connectivity index (χ0n) is 29.3. The van der Waals surface area contributed by atoms with E-state index in [-0.39, 0.29) is 61.3 Å². The lowest BCUT2D eigenvalue weighted by atomic mass is 9.61. The number of halogens is 2. The van der Waals surface area contributed by atoms with E-state index in [2.05, 4.69) is 42.4 Å². The first-order valence-electron chi connectivity index (χ1n) is 18.2. The topological polar surface area (TPSA) is 142 Å². The minimum atomic E-state index is -0.674. The number of benzene rings is 2. The van der Waals surface area contributed by atoms with Crippen molar-refractivity contribution in [1.29, 1.82) is 0 Å². The molecule has 4 heterocycles. The molecule has 3 saturated carbocycles. The maximum Gasteiger partial charge on any atom is 0.311 e. The van der Waals surface area contributed by atoms with Crippen LogP contribution < -0.4 is 15.5 Å². The van der Waals surface area contributed by atoms with Crippen LogP contribution in [0.4, 0.5) is 20.3 Å². The molecule has 0 spiro atoms. The predicted octanol–water partition coefficient (Wildman–Crippen LogP) is 5.90. The highest BCUT2D eigenvalue weighted by Crippen LogP contribution is 2.47. The fourth-order valence-electron chi connectivity index (χ4n) is 8.00. The van der Waals surface area contributed by atoms with E-state index in [1.807, 2.05) is 48.5 Å². The summed E-state index contributed by atoms with van der Waals surface area (Å²) in [4.78, 5) is 57.1. The number of aromatic nitrogens is 4. The summed E-state index contributed by atoms with van der Waals surface area (Å²) in [7, 11) is 0. The molecule has 2 atom stereocenters. The lowest BCUT2D eigenvalue weighted by Gasteiger charge is -2.47. The maximum atomic E-state index is 15.2. The van der Waals surface area contributed by atoms with Crippen molar-refractivity contribution in [3.63, 3.8) is 0 Å². The molecule has 0 unspecified atom stereocenters. The van der Waals surface area contributed by atoms with E-state index in [4.69, 9.17) is 4.74 Å². The summed E-state index contributed by atoms with van der Waals surface area (Å²) >= 11 is 0. The molecule has 2 aromatic carbocycles. The number of amides is 2. The van der Waals surface area contributed by atoms with Crippen LogP contribution in [-0.4, -0.2) is 56.9 Å². The molecular weight excluding hydrogens is 692 g/mol. The summed E-state index contributed by atoms with van der Waals surface area (Å²) in [5.74, 6) is 3.98. The van der Waals surface area contributed by atoms with Crippen molar-refractivity contribution >= 4 is 40.3 Å². The Labute approximate surface area is 309 Å². The van der Waals surface area contributed by atoms with Crippen molar-refractivity contribution < 1.29 is 27.9 Å². The van der Waals surface area contributed by atoms with Gasteiger partial charge in [0.15, 0.2) is 17.5 Å². The molecule has 3 aromatic heterocycles. The second-order valence-electron chi connectivity index (χ2n) is 13.9. The number of fused-ring (bicyclic) bond motifs is 6. The molecule has 2 amide bonds. The molecule has 9 rings (SSSR count). The molecule has 5 aromatic rings. The Morgan fingerprint density at radius 3 is 2.54 bits per heavy atom. The molecular formula is C41H37F2N7O4. The lowest BCUT2D eigenvalue weighted by Crippen LogP contribution is -2.52. The highest BCUT2D eigenvalue weighted by molar-refractivity contribution is 5.97. The number of H-pyrrole nitrogens is 1. The van der Waals surface area contributed by atoms with Gasteiger partial charge in [-0.05, 0) is 67.3 Å². The normalized spacial score (nSPS) is 19.8. The molecule has 0 radical (unpaired) electrons. The Kier molecular flexibility index (Phi) is 9.73. The van der Waals surface area contributed by atoms with Gasteiger partial charge in [0.2, 0.25) is 11.8 Å². The molecule has 274 valence electrons. The molecule has 3 aliphatic carbocycles. The van der Waals surface area contributed by atoms with E-state index < -0.39 is 29.6 Å². The van der Waals surface area contributed by atoms with Crippen LogP contribution in [-0.2, 0) is 25.7 Å². The zero-order chi connectivity index (χ0) is 37.2.